The monoisotopic (exact) mass is 239 g/mol. The maximum atomic E-state index is 10.7. The molecule has 0 aromatic carbocycles. The first kappa shape index (κ1) is 10.9. The van der Waals surface area contributed by atoms with Crippen LogP contribution in [-0.4, -0.2) is 27.1 Å². The van der Waals surface area contributed by atoms with E-state index in [4.69, 9.17) is 22.4 Å². The number of H-pyrrole nitrogens is 1. The number of nitrogens with one attached hydrogen (secondary N) is 1. The number of nitrogens with two attached hydrogens (primary N) is 1. The molecule has 0 radical (unpaired) electrons. The van der Waals surface area contributed by atoms with Gasteiger partial charge in [0.15, 0.2) is 0 Å². The number of aromatic nitrogens is 2. The van der Waals surface area contributed by atoms with E-state index < -0.39 is 12.0 Å². The lowest BCUT2D eigenvalue weighted by Crippen LogP contribution is -2.32. The summed E-state index contributed by atoms with van der Waals surface area (Å²) in [5.74, 6) is -1.02. The van der Waals surface area contributed by atoms with Crippen molar-refractivity contribution >= 4 is 28.6 Å². The largest absolute Gasteiger partial charge is 0.480 e. The highest BCUT2D eigenvalue weighted by atomic mass is 35.5. The zero-order valence-electron chi connectivity index (χ0n) is 8.27. The Morgan fingerprint density at radius 1 is 1.69 bits per heavy atom. The predicted octanol–water partition coefficient (Wildman–Crippen LogP) is 1.17. The van der Waals surface area contributed by atoms with E-state index in [2.05, 4.69) is 9.97 Å². The lowest BCUT2D eigenvalue weighted by Gasteiger charge is -2.04. The maximum Gasteiger partial charge on any atom is 0.320 e. The van der Waals surface area contributed by atoms with Crippen molar-refractivity contribution in [2.75, 3.05) is 0 Å². The number of nitrogens with zero attached hydrogens (tertiary/aromatic N) is 1. The van der Waals surface area contributed by atoms with E-state index in [1.165, 1.54) is 6.20 Å². The smallest absolute Gasteiger partial charge is 0.320 e. The predicted molar refractivity (Wildman–Crippen MR) is 60.4 cm³/mol. The maximum absolute atomic E-state index is 10.7. The van der Waals surface area contributed by atoms with Gasteiger partial charge in [-0.1, -0.05) is 11.6 Å². The molecule has 0 aliphatic rings. The molecule has 0 aliphatic heterocycles. The molecule has 2 aromatic rings. The Kier molecular flexibility index (Phi) is 2.80. The number of carboxylic acids is 1. The Morgan fingerprint density at radius 2 is 2.44 bits per heavy atom. The van der Waals surface area contributed by atoms with Crippen molar-refractivity contribution in [2.24, 2.45) is 5.73 Å². The van der Waals surface area contributed by atoms with Crippen LogP contribution in [0.2, 0.25) is 5.02 Å². The van der Waals surface area contributed by atoms with Crippen LogP contribution >= 0.6 is 11.6 Å². The zero-order valence-corrected chi connectivity index (χ0v) is 9.03. The average molecular weight is 240 g/mol. The lowest BCUT2D eigenvalue weighted by molar-refractivity contribution is -0.138. The number of aliphatic carboxylic acids is 1. The summed E-state index contributed by atoms with van der Waals surface area (Å²) in [5, 5.41) is 10.1. The number of halogens is 1. The molecule has 84 valence electrons. The second-order valence-electron chi connectivity index (χ2n) is 3.51. The third-order valence-corrected chi connectivity index (χ3v) is 2.55. The number of pyridine rings is 1. The van der Waals surface area contributed by atoms with E-state index >= 15 is 0 Å². The van der Waals surface area contributed by atoms with Gasteiger partial charge in [0, 0.05) is 24.2 Å². The summed E-state index contributed by atoms with van der Waals surface area (Å²) in [5.41, 5.74) is 6.95. The van der Waals surface area contributed by atoms with Gasteiger partial charge in [-0.2, -0.15) is 0 Å². The van der Waals surface area contributed by atoms with Crippen LogP contribution in [0, 0.1) is 0 Å². The van der Waals surface area contributed by atoms with E-state index in [9.17, 15) is 4.79 Å². The minimum absolute atomic E-state index is 0.247. The van der Waals surface area contributed by atoms with Crippen molar-refractivity contribution in [1.82, 2.24) is 9.97 Å². The van der Waals surface area contributed by atoms with Gasteiger partial charge in [-0.3, -0.25) is 4.79 Å². The number of hydrogen-bond donors (Lipinski definition) is 3. The summed E-state index contributed by atoms with van der Waals surface area (Å²) in [4.78, 5) is 17.7. The van der Waals surface area contributed by atoms with Gasteiger partial charge in [0.05, 0.1) is 5.02 Å². The Morgan fingerprint density at radius 3 is 3.12 bits per heavy atom. The molecule has 0 spiro atoms. The molecular formula is C10H10ClN3O2. The lowest BCUT2D eigenvalue weighted by atomic mass is 10.1. The first-order valence-corrected chi connectivity index (χ1v) is 5.05. The van der Waals surface area contributed by atoms with Crippen LogP contribution in [0.3, 0.4) is 0 Å². The molecule has 2 aromatic heterocycles. The van der Waals surface area contributed by atoms with Gasteiger partial charge in [0.25, 0.3) is 0 Å². The van der Waals surface area contributed by atoms with Crippen LogP contribution in [0.25, 0.3) is 11.0 Å². The number of aromatic amines is 1. The molecule has 1 atom stereocenters. The van der Waals surface area contributed by atoms with Crippen LogP contribution in [0.4, 0.5) is 0 Å². The van der Waals surface area contributed by atoms with Crippen LogP contribution in [0.1, 0.15) is 5.56 Å². The van der Waals surface area contributed by atoms with Gasteiger partial charge in [0.1, 0.15) is 11.7 Å². The average Bonchev–Trinajstić information content (AvgIpc) is 2.61. The molecule has 0 unspecified atom stereocenters. The first-order valence-electron chi connectivity index (χ1n) is 4.68. The molecule has 0 saturated carbocycles. The molecule has 4 N–H and O–H groups in total. The van der Waals surface area contributed by atoms with E-state index in [0.29, 0.717) is 10.7 Å². The molecule has 0 saturated heterocycles. The third kappa shape index (κ3) is 2.00. The quantitative estimate of drug-likeness (QED) is 0.750. The normalized spacial score (nSPS) is 12.9. The number of rotatable bonds is 3. The fourth-order valence-electron chi connectivity index (χ4n) is 1.53. The van der Waals surface area contributed by atoms with Crippen molar-refractivity contribution in [3.05, 3.63) is 29.0 Å². The highest BCUT2D eigenvalue weighted by Crippen LogP contribution is 2.21. The number of carbonyl (C=O) groups is 1. The minimum Gasteiger partial charge on any atom is -0.480 e. The topological polar surface area (TPSA) is 92.0 Å². The second kappa shape index (κ2) is 4.11. The number of carboxylic acid groups (broad SMARTS) is 1. The fourth-order valence-corrected chi connectivity index (χ4v) is 1.68. The third-order valence-electron chi connectivity index (χ3n) is 2.34. The molecule has 6 heteroatoms. The standard InChI is InChI=1S/C10H10ClN3O2/c11-6-2-7-5(1-8(12)10(15)16)3-13-9(7)14-4-6/h2-4,8H,1,12H2,(H,13,14)(H,15,16)/t8-/m0/s1. The van der Waals surface area contributed by atoms with Gasteiger partial charge in [0.2, 0.25) is 0 Å². The molecule has 2 heterocycles. The number of hydrogen-bond acceptors (Lipinski definition) is 3. The Labute approximate surface area is 96.2 Å². The summed E-state index contributed by atoms with van der Waals surface area (Å²) < 4.78 is 0. The minimum atomic E-state index is -1.02. The van der Waals surface area contributed by atoms with Crippen LogP contribution < -0.4 is 5.73 Å². The van der Waals surface area contributed by atoms with E-state index in [1.807, 2.05) is 0 Å². The van der Waals surface area contributed by atoms with Gasteiger partial charge in [-0.25, -0.2) is 4.98 Å². The molecule has 0 amide bonds. The molecule has 5 nitrogen and oxygen atoms in total. The van der Waals surface area contributed by atoms with Crippen molar-refractivity contribution in [3.63, 3.8) is 0 Å². The molecular weight excluding hydrogens is 230 g/mol. The summed E-state index contributed by atoms with van der Waals surface area (Å²) in [6.07, 6.45) is 3.48. The van der Waals surface area contributed by atoms with Crippen LogP contribution in [0.15, 0.2) is 18.5 Å². The molecule has 16 heavy (non-hydrogen) atoms. The first-order chi connectivity index (χ1) is 7.58. The van der Waals surface area contributed by atoms with Crippen molar-refractivity contribution in [1.29, 1.82) is 0 Å². The Balaban J connectivity index is 2.37. The second-order valence-corrected chi connectivity index (χ2v) is 3.95. The Hall–Kier alpha value is -1.59. The molecule has 0 bridgehead atoms. The number of fused-ring (bicyclic) bond motifs is 1. The van der Waals surface area contributed by atoms with Gasteiger partial charge >= 0.3 is 5.97 Å². The molecule has 0 aliphatic carbocycles. The summed E-state index contributed by atoms with van der Waals surface area (Å²) >= 11 is 5.82. The Bertz CT molecular complexity index is 538. The molecule has 0 fully saturated rings. The summed E-state index contributed by atoms with van der Waals surface area (Å²) in [6, 6.07) is 0.822. The van der Waals surface area contributed by atoms with Gasteiger partial charge < -0.3 is 15.8 Å². The van der Waals surface area contributed by atoms with Crippen molar-refractivity contribution in [3.8, 4) is 0 Å². The summed E-state index contributed by atoms with van der Waals surface area (Å²) in [6.45, 7) is 0. The fraction of sp³-hybridized carbons (Fsp3) is 0.200. The van der Waals surface area contributed by atoms with E-state index in [-0.39, 0.29) is 6.42 Å². The molecule has 2 rings (SSSR count). The van der Waals surface area contributed by atoms with Crippen LogP contribution in [0.5, 0.6) is 0 Å². The van der Waals surface area contributed by atoms with E-state index in [1.54, 1.807) is 12.3 Å². The summed E-state index contributed by atoms with van der Waals surface area (Å²) in [7, 11) is 0. The highest BCUT2D eigenvalue weighted by Gasteiger charge is 2.15. The van der Waals surface area contributed by atoms with Crippen LogP contribution in [-0.2, 0) is 11.2 Å². The highest BCUT2D eigenvalue weighted by molar-refractivity contribution is 6.31. The van der Waals surface area contributed by atoms with Crippen molar-refractivity contribution in [2.45, 2.75) is 12.5 Å². The SMILES string of the molecule is N[C@@H](Cc1c[nH]c2ncc(Cl)cc12)C(=O)O. The van der Waals surface area contributed by atoms with Gasteiger partial charge in [-0.05, 0) is 11.6 Å². The zero-order chi connectivity index (χ0) is 11.7. The van der Waals surface area contributed by atoms with Crippen molar-refractivity contribution < 1.29 is 9.90 Å². The van der Waals surface area contributed by atoms with E-state index in [0.717, 1.165) is 10.9 Å². The van der Waals surface area contributed by atoms with Gasteiger partial charge in [-0.15, -0.1) is 0 Å².